The van der Waals surface area contributed by atoms with Crippen molar-refractivity contribution >= 4 is 0 Å². The SMILES string of the molecule is Oc1cccc(O)c1Cc1c(O)cccc1O. The van der Waals surface area contributed by atoms with Gasteiger partial charge >= 0.3 is 0 Å². The molecule has 17 heavy (non-hydrogen) atoms. The molecule has 2 rings (SSSR count). The van der Waals surface area contributed by atoms with Gasteiger partial charge in [-0.1, -0.05) is 12.1 Å². The Balaban J connectivity index is 2.45. The molecule has 0 amide bonds. The molecular formula is C13H12O4. The summed E-state index contributed by atoms with van der Waals surface area (Å²) in [7, 11) is 0. The highest BCUT2D eigenvalue weighted by Crippen LogP contribution is 2.34. The lowest BCUT2D eigenvalue weighted by Crippen LogP contribution is -1.91. The standard InChI is InChI=1S/C13H12O4/c14-10-3-1-4-11(15)8(10)7-9-12(16)5-2-6-13(9)17/h1-6,14-17H,7H2. The molecule has 4 heteroatoms. The predicted octanol–water partition coefficient (Wildman–Crippen LogP) is 2.10. The third-order valence-electron chi connectivity index (χ3n) is 2.61. The highest BCUT2D eigenvalue weighted by molar-refractivity contribution is 5.51. The van der Waals surface area contributed by atoms with Crippen LogP contribution < -0.4 is 0 Å². The first-order chi connectivity index (χ1) is 8.09. The molecule has 4 nitrogen and oxygen atoms in total. The smallest absolute Gasteiger partial charge is 0.122 e. The zero-order valence-corrected chi connectivity index (χ0v) is 8.96. The van der Waals surface area contributed by atoms with E-state index in [4.69, 9.17) is 0 Å². The molecule has 0 aliphatic heterocycles. The molecule has 0 atom stereocenters. The first-order valence-electron chi connectivity index (χ1n) is 5.09. The summed E-state index contributed by atoms with van der Waals surface area (Å²) in [4.78, 5) is 0. The minimum Gasteiger partial charge on any atom is -0.508 e. The number of aromatic hydroxyl groups is 4. The van der Waals surface area contributed by atoms with Crippen molar-refractivity contribution < 1.29 is 20.4 Å². The molecule has 0 aliphatic carbocycles. The molecule has 0 radical (unpaired) electrons. The van der Waals surface area contributed by atoms with Crippen LogP contribution in [-0.4, -0.2) is 20.4 Å². The third kappa shape index (κ3) is 2.10. The van der Waals surface area contributed by atoms with E-state index in [9.17, 15) is 20.4 Å². The molecule has 0 aromatic heterocycles. The van der Waals surface area contributed by atoms with E-state index < -0.39 is 0 Å². The van der Waals surface area contributed by atoms with Crippen molar-refractivity contribution in [3.05, 3.63) is 47.5 Å². The normalized spacial score (nSPS) is 10.4. The average molecular weight is 232 g/mol. The van der Waals surface area contributed by atoms with Crippen molar-refractivity contribution in [2.45, 2.75) is 6.42 Å². The Morgan fingerprint density at radius 3 is 1.18 bits per heavy atom. The summed E-state index contributed by atoms with van der Waals surface area (Å²) in [5.41, 5.74) is 0.536. The summed E-state index contributed by atoms with van der Waals surface area (Å²) in [6, 6.07) is 8.77. The van der Waals surface area contributed by atoms with Crippen molar-refractivity contribution in [1.82, 2.24) is 0 Å². The lowest BCUT2D eigenvalue weighted by molar-refractivity contribution is 0.429. The Morgan fingerprint density at radius 1 is 0.588 bits per heavy atom. The van der Waals surface area contributed by atoms with Crippen molar-refractivity contribution in [3.63, 3.8) is 0 Å². The van der Waals surface area contributed by atoms with E-state index in [2.05, 4.69) is 0 Å². The lowest BCUT2D eigenvalue weighted by Gasteiger charge is -2.10. The van der Waals surface area contributed by atoms with Gasteiger partial charge < -0.3 is 20.4 Å². The Kier molecular flexibility index (Phi) is 2.78. The molecule has 0 spiro atoms. The van der Waals surface area contributed by atoms with Crippen LogP contribution in [0.5, 0.6) is 23.0 Å². The van der Waals surface area contributed by atoms with Gasteiger partial charge in [0.25, 0.3) is 0 Å². The van der Waals surface area contributed by atoms with E-state index in [1.165, 1.54) is 36.4 Å². The molecule has 0 saturated carbocycles. The van der Waals surface area contributed by atoms with Crippen molar-refractivity contribution in [1.29, 1.82) is 0 Å². The summed E-state index contributed by atoms with van der Waals surface area (Å²) < 4.78 is 0. The summed E-state index contributed by atoms with van der Waals surface area (Å²) in [5, 5.41) is 38.4. The van der Waals surface area contributed by atoms with Crippen molar-refractivity contribution in [2.24, 2.45) is 0 Å². The van der Waals surface area contributed by atoms with Gasteiger partial charge in [0, 0.05) is 17.5 Å². The average Bonchev–Trinajstić information content (AvgIpc) is 2.27. The molecule has 0 heterocycles. The summed E-state index contributed by atoms with van der Waals surface area (Å²) in [6.07, 6.45) is 0.0526. The van der Waals surface area contributed by atoms with Crippen LogP contribution in [0.3, 0.4) is 0 Å². The molecule has 0 saturated heterocycles. The maximum atomic E-state index is 9.61. The second-order valence-electron chi connectivity index (χ2n) is 3.73. The van der Waals surface area contributed by atoms with Crippen molar-refractivity contribution in [3.8, 4) is 23.0 Å². The largest absolute Gasteiger partial charge is 0.508 e. The molecule has 4 N–H and O–H groups in total. The van der Waals surface area contributed by atoms with Crippen LogP contribution in [0.4, 0.5) is 0 Å². The van der Waals surface area contributed by atoms with Gasteiger partial charge in [-0.05, 0) is 24.3 Å². The van der Waals surface area contributed by atoms with Crippen LogP contribution in [0.1, 0.15) is 11.1 Å². The van der Waals surface area contributed by atoms with Gasteiger partial charge in [-0.25, -0.2) is 0 Å². The van der Waals surface area contributed by atoms with Crippen molar-refractivity contribution in [2.75, 3.05) is 0 Å². The highest BCUT2D eigenvalue weighted by atomic mass is 16.3. The molecule has 0 fully saturated rings. The number of phenols is 4. The van der Waals surface area contributed by atoms with E-state index in [1.54, 1.807) is 0 Å². The van der Waals surface area contributed by atoms with Gasteiger partial charge in [-0.15, -0.1) is 0 Å². The van der Waals surface area contributed by atoms with E-state index in [0.29, 0.717) is 0 Å². The van der Waals surface area contributed by atoms with E-state index >= 15 is 0 Å². The fourth-order valence-corrected chi connectivity index (χ4v) is 1.66. The number of benzene rings is 2. The zero-order chi connectivity index (χ0) is 12.4. The van der Waals surface area contributed by atoms with Gasteiger partial charge in [0.05, 0.1) is 0 Å². The second kappa shape index (κ2) is 4.25. The Bertz CT molecular complexity index is 459. The Morgan fingerprint density at radius 2 is 0.882 bits per heavy atom. The van der Waals surface area contributed by atoms with Crippen LogP contribution in [0.15, 0.2) is 36.4 Å². The van der Waals surface area contributed by atoms with Crippen LogP contribution >= 0.6 is 0 Å². The molecule has 0 unspecified atom stereocenters. The summed E-state index contributed by atoms with van der Waals surface area (Å²) in [5.74, 6) is -0.305. The van der Waals surface area contributed by atoms with Gasteiger partial charge in [0.1, 0.15) is 23.0 Å². The van der Waals surface area contributed by atoms with Gasteiger partial charge in [-0.2, -0.15) is 0 Å². The summed E-state index contributed by atoms with van der Waals surface area (Å²) >= 11 is 0. The predicted molar refractivity (Wildman–Crippen MR) is 62.3 cm³/mol. The molecule has 2 aromatic carbocycles. The minimum atomic E-state index is -0.0762. The lowest BCUT2D eigenvalue weighted by atomic mass is 10.0. The molecule has 2 aromatic rings. The van der Waals surface area contributed by atoms with Crippen LogP contribution in [0, 0.1) is 0 Å². The van der Waals surface area contributed by atoms with Gasteiger partial charge in [-0.3, -0.25) is 0 Å². The van der Waals surface area contributed by atoms with Gasteiger partial charge in [0.15, 0.2) is 0 Å². The zero-order valence-electron chi connectivity index (χ0n) is 8.96. The number of phenolic OH excluding ortho intramolecular Hbond substituents is 4. The van der Waals surface area contributed by atoms with Crippen LogP contribution in [-0.2, 0) is 6.42 Å². The molecular weight excluding hydrogens is 220 g/mol. The van der Waals surface area contributed by atoms with Gasteiger partial charge in [0.2, 0.25) is 0 Å². The maximum Gasteiger partial charge on any atom is 0.122 e. The van der Waals surface area contributed by atoms with E-state index in [1.807, 2.05) is 0 Å². The highest BCUT2D eigenvalue weighted by Gasteiger charge is 2.13. The van der Waals surface area contributed by atoms with Crippen LogP contribution in [0.25, 0.3) is 0 Å². The summed E-state index contributed by atoms with van der Waals surface area (Å²) in [6.45, 7) is 0. The fourth-order valence-electron chi connectivity index (χ4n) is 1.66. The topological polar surface area (TPSA) is 80.9 Å². The third-order valence-corrected chi connectivity index (χ3v) is 2.61. The number of hydrogen-bond donors (Lipinski definition) is 4. The molecule has 0 bridgehead atoms. The minimum absolute atomic E-state index is 0.0526. The molecule has 0 aliphatic rings. The maximum absolute atomic E-state index is 9.61. The Hall–Kier alpha value is -2.36. The Labute approximate surface area is 98.0 Å². The number of hydrogen-bond acceptors (Lipinski definition) is 4. The monoisotopic (exact) mass is 232 g/mol. The van der Waals surface area contributed by atoms with E-state index in [0.717, 1.165) is 0 Å². The second-order valence-corrected chi connectivity index (χ2v) is 3.73. The fraction of sp³-hybridized carbons (Fsp3) is 0.0769. The quantitative estimate of drug-likeness (QED) is 0.639. The van der Waals surface area contributed by atoms with Crippen LogP contribution in [0.2, 0.25) is 0 Å². The molecule has 88 valence electrons. The first kappa shape index (κ1) is 11.1. The van der Waals surface area contributed by atoms with E-state index in [-0.39, 0.29) is 40.5 Å². The first-order valence-corrected chi connectivity index (χ1v) is 5.09. The number of rotatable bonds is 2.